The topological polar surface area (TPSA) is 66.7 Å². The number of methoxy groups -OCH3 is 1. The van der Waals surface area contributed by atoms with E-state index >= 15 is 0 Å². The maximum absolute atomic E-state index is 13.5. The van der Waals surface area contributed by atoms with Crippen molar-refractivity contribution in [1.82, 2.24) is 29.2 Å². The number of carbonyl (C=O) groups excluding carboxylic acids is 1. The number of carbonyl (C=O) groups is 1. The summed E-state index contributed by atoms with van der Waals surface area (Å²) < 4.78 is 45.6. The number of halogens is 3. The largest absolute Gasteiger partial charge is 0.481 e. The molecule has 2 aliphatic rings. The molecule has 44 heavy (non-hydrogen) atoms. The molecule has 2 saturated heterocycles. The molecule has 4 aromatic rings. The van der Waals surface area contributed by atoms with Gasteiger partial charge in [-0.25, -0.2) is 9.97 Å². The van der Waals surface area contributed by atoms with Crippen LogP contribution >= 0.6 is 0 Å². The van der Waals surface area contributed by atoms with E-state index < -0.39 is 11.7 Å². The number of aromatic nitrogens is 3. The molecule has 11 heteroatoms. The van der Waals surface area contributed by atoms with Gasteiger partial charge in [-0.2, -0.15) is 13.2 Å². The summed E-state index contributed by atoms with van der Waals surface area (Å²) in [5.74, 6) is 1.40. The summed E-state index contributed by atoms with van der Waals surface area (Å²) >= 11 is 0. The number of hydrogen-bond acceptors (Lipinski definition) is 6. The Kier molecular flexibility index (Phi) is 8.59. The van der Waals surface area contributed by atoms with Gasteiger partial charge >= 0.3 is 6.18 Å². The van der Waals surface area contributed by atoms with Crippen molar-refractivity contribution in [2.24, 2.45) is 7.05 Å². The molecular weight excluding hydrogens is 569 g/mol. The fourth-order valence-corrected chi connectivity index (χ4v) is 6.28. The van der Waals surface area contributed by atoms with Crippen molar-refractivity contribution in [3.8, 4) is 5.88 Å². The Hall–Kier alpha value is -3.96. The number of nitrogens with zero attached hydrogens (tertiary/aromatic N) is 6. The average Bonchev–Trinajstić information content (AvgIpc) is 3.37. The highest BCUT2D eigenvalue weighted by atomic mass is 19.4. The Bertz CT molecular complexity index is 1590. The van der Waals surface area contributed by atoms with Crippen LogP contribution in [0.15, 0.2) is 60.8 Å². The lowest BCUT2D eigenvalue weighted by Gasteiger charge is -2.34. The number of piperazine rings is 1. The first-order chi connectivity index (χ1) is 21.2. The fraction of sp³-hybridized carbons (Fsp3) is 0.424. The lowest BCUT2D eigenvalue weighted by atomic mass is 9.89. The number of imidazole rings is 1. The van der Waals surface area contributed by atoms with Gasteiger partial charge in [-0.1, -0.05) is 24.3 Å². The normalized spacial score (nSPS) is 17.3. The van der Waals surface area contributed by atoms with Crippen molar-refractivity contribution < 1.29 is 22.7 Å². The van der Waals surface area contributed by atoms with E-state index in [0.717, 1.165) is 61.2 Å². The molecule has 0 radical (unpaired) electrons. The predicted molar refractivity (Wildman–Crippen MR) is 161 cm³/mol. The number of alkyl halides is 3. The summed E-state index contributed by atoms with van der Waals surface area (Å²) in [4.78, 5) is 29.0. The molecule has 0 bridgehead atoms. The van der Waals surface area contributed by atoms with E-state index in [4.69, 9.17) is 9.72 Å². The summed E-state index contributed by atoms with van der Waals surface area (Å²) in [6.07, 6.45) is -0.340. The zero-order valence-corrected chi connectivity index (χ0v) is 25.1. The molecule has 2 aromatic heterocycles. The molecule has 2 aliphatic heterocycles. The minimum Gasteiger partial charge on any atom is -0.481 e. The summed E-state index contributed by atoms with van der Waals surface area (Å²) in [5, 5.41) is 0. The van der Waals surface area contributed by atoms with Crippen molar-refractivity contribution in [1.29, 1.82) is 0 Å². The van der Waals surface area contributed by atoms with E-state index in [-0.39, 0.29) is 5.91 Å². The van der Waals surface area contributed by atoms with Gasteiger partial charge in [-0.15, -0.1) is 0 Å². The predicted octanol–water partition coefficient (Wildman–Crippen LogP) is 5.33. The van der Waals surface area contributed by atoms with Crippen LogP contribution in [0.25, 0.3) is 11.0 Å². The Morgan fingerprint density at radius 1 is 0.886 bits per heavy atom. The highest BCUT2D eigenvalue weighted by Gasteiger charge is 2.30. The lowest BCUT2D eigenvalue weighted by Crippen LogP contribution is -2.48. The monoisotopic (exact) mass is 606 g/mol. The van der Waals surface area contributed by atoms with E-state index in [1.54, 1.807) is 7.11 Å². The maximum Gasteiger partial charge on any atom is 0.416 e. The third-order valence-corrected chi connectivity index (χ3v) is 8.92. The van der Waals surface area contributed by atoms with Crippen molar-refractivity contribution in [3.05, 3.63) is 88.9 Å². The molecule has 0 aliphatic carbocycles. The van der Waals surface area contributed by atoms with Crippen LogP contribution < -0.4 is 4.74 Å². The van der Waals surface area contributed by atoms with Crippen LogP contribution in [0.2, 0.25) is 0 Å². The van der Waals surface area contributed by atoms with Gasteiger partial charge in [0.25, 0.3) is 5.91 Å². The number of hydrogen-bond donors (Lipinski definition) is 0. The van der Waals surface area contributed by atoms with Gasteiger partial charge in [-0.05, 0) is 72.8 Å². The summed E-state index contributed by atoms with van der Waals surface area (Å²) in [6, 6.07) is 15.6. The fourth-order valence-electron chi connectivity index (χ4n) is 6.28. The smallest absolute Gasteiger partial charge is 0.416 e. The molecule has 0 N–H and O–H groups in total. The van der Waals surface area contributed by atoms with Gasteiger partial charge in [0.2, 0.25) is 5.88 Å². The second kappa shape index (κ2) is 12.6. The van der Waals surface area contributed by atoms with Crippen LogP contribution in [-0.2, 0) is 26.3 Å². The van der Waals surface area contributed by atoms with Crippen molar-refractivity contribution in [3.63, 3.8) is 0 Å². The van der Waals surface area contributed by atoms with E-state index in [9.17, 15) is 18.0 Å². The van der Waals surface area contributed by atoms with Crippen LogP contribution in [0.1, 0.15) is 51.6 Å². The summed E-state index contributed by atoms with van der Waals surface area (Å²) in [6.45, 7) is 5.81. The number of ether oxygens (including phenoxy) is 1. The standard InChI is InChI=1S/C33H37F3N6O2/c1-39-29-9-6-26(25-11-13-40(14-12-25)22-24-5-10-30(44-2)37-20-24)19-28(29)38-31(39)32(43)42-17-15-41(16-18-42)21-23-3-7-27(8-4-23)33(34,35)36/h3-10,19-20,25H,11-18,21-22H2,1-2H3. The number of aryl methyl sites for hydroxylation is 1. The Balaban J connectivity index is 1.04. The van der Waals surface area contributed by atoms with E-state index in [1.165, 1.54) is 23.3 Å². The first kappa shape index (κ1) is 30.1. The van der Waals surface area contributed by atoms with E-state index in [1.807, 2.05) is 28.8 Å². The third-order valence-electron chi connectivity index (χ3n) is 8.92. The van der Waals surface area contributed by atoms with Crippen LogP contribution in [0.4, 0.5) is 13.2 Å². The van der Waals surface area contributed by atoms with Gasteiger partial charge in [0, 0.05) is 58.6 Å². The third kappa shape index (κ3) is 6.58. The number of piperidine rings is 1. The minimum atomic E-state index is -4.34. The first-order valence-electron chi connectivity index (χ1n) is 15.0. The quantitative estimate of drug-likeness (QED) is 0.283. The lowest BCUT2D eigenvalue weighted by molar-refractivity contribution is -0.137. The second-order valence-corrected chi connectivity index (χ2v) is 11.8. The SMILES string of the molecule is COc1ccc(CN2CCC(c3ccc4c(c3)nc(C(=O)N3CCN(Cc5ccc(C(F)(F)F)cc5)CC3)n4C)CC2)cn1. The molecule has 232 valence electrons. The number of pyridine rings is 1. The van der Waals surface area contributed by atoms with Gasteiger partial charge in [0.15, 0.2) is 5.82 Å². The number of fused-ring (bicyclic) bond motifs is 1. The van der Waals surface area contributed by atoms with Gasteiger partial charge < -0.3 is 14.2 Å². The molecule has 6 rings (SSSR count). The van der Waals surface area contributed by atoms with Crippen molar-refractivity contribution in [2.45, 2.75) is 38.0 Å². The molecule has 8 nitrogen and oxygen atoms in total. The van der Waals surface area contributed by atoms with Crippen LogP contribution in [-0.4, -0.2) is 81.5 Å². The minimum absolute atomic E-state index is 0.0965. The zero-order chi connectivity index (χ0) is 30.8. The molecule has 0 spiro atoms. The number of likely N-dealkylation sites (tertiary alicyclic amines) is 1. The van der Waals surface area contributed by atoms with E-state index in [0.29, 0.717) is 50.3 Å². The zero-order valence-electron chi connectivity index (χ0n) is 25.1. The molecule has 4 heterocycles. The van der Waals surface area contributed by atoms with Gasteiger partial charge in [0.1, 0.15) is 0 Å². The maximum atomic E-state index is 13.5. The Morgan fingerprint density at radius 2 is 1.55 bits per heavy atom. The number of rotatable bonds is 7. The van der Waals surface area contributed by atoms with Crippen LogP contribution in [0.3, 0.4) is 0 Å². The summed E-state index contributed by atoms with van der Waals surface area (Å²) in [5.41, 5.74) is 4.39. The second-order valence-electron chi connectivity index (χ2n) is 11.8. The summed E-state index contributed by atoms with van der Waals surface area (Å²) in [7, 11) is 3.50. The molecule has 0 unspecified atom stereocenters. The Labute approximate surface area is 255 Å². The van der Waals surface area contributed by atoms with Crippen LogP contribution in [0.5, 0.6) is 5.88 Å². The van der Waals surface area contributed by atoms with Crippen LogP contribution in [0, 0.1) is 0 Å². The Morgan fingerprint density at radius 3 is 2.18 bits per heavy atom. The molecular formula is C33H37F3N6O2. The molecule has 0 atom stereocenters. The highest BCUT2D eigenvalue weighted by molar-refractivity contribution is 5.95. The van der Waals surface area contributed by atoms with Gasteiger partial charge in [0.05, 0.1) is 23.7 Å². The molecule has 2 fully saturated rings. The van der Waals surface area contributed by atoms with Crippen molar-refractivity contribution >= 4 is 16.9 Å². The van der Waals surface area contributed by atoms with Gasteiger partial charge in [-0.3, -0.25) is 14.6 Å². The molecule has 0 saturated carbocycles. The van der Waals surface area contributed by atoms with E-state index in [2.05, 4.69) is 39.0 Å². The number of amides is 1. The molecule has 2 aromatic carbocycles. The highest BCUT2D eigenvalue weighted by Crippen LogP contribution is 2.32. The molecule has 1 amide bonds. The average molecular weight is 607 g/mol. The first-order valence-corrected chi connectivity index (χ1v) is 15.0. The number of benzene rings is 2. The van der Waals surface area contributed by atoms with Crippen molar-refractivity contribution in [2.75, 3.05) is 46.4 Å².